The summed E-state index contributed by atoms with van der Waals surface area (Å²) in [5, 5.41) is 0. The summed E-state index contributed by atoms with van der Waals surface area (Å²) in [6.45, 7) is 9.55. The van der Waals surface area contributed by atoms with Gasteiger partial charge in [0.05, 0.1) is 11.7 Å². The highest BCUT2D eigenvalue weighted by molar-refractivity contribution is 5.91. The molecular formula is C29H32O7. The summed E-state index contributed by atoms with van der Waals surface area (Å²) in [6.07, 6.45) is 5.02. The fraction of sp³-hybridized carbons (Fsp3) is 0.345. The Bertz CT molecular complexity index is 1080. The monoisotopic (exact) mass is 492 g/mol. The molecular weight excluding hydrogens is 460 g/mol. The summed E-state index contributed by atoms with van der Waals surface area (Å²) in [4.78, 5) is 36.0. The fourth-order valence-electron chi connectivity index (χ4n) is 3.54. The molecule has 7 nitrogen and oxygen atoms in total. The van der Waals surface area contributed by atoms with Gasteiger partial charge in [-0.25, -0.2) is 14.4 Å². The third-order valence-electron chi connectivity index (χ3n) is 5.75. The Labute approximate surface area is 211 Å². The minimum Gasteiger partial charge on any atom is -0.487 e. The van der Waals surface area contributed by atoms with E-state index >= 15 is 0 Å². The zero-order valence-corrected chi connectivity index (χ0v) is 20.9. The number of benzene rings is 2. The van der Waals surface area contributed by atoms with Crippen LogP contribution in [0.2, 0.25) is 0 Å². The van der Waals surface area contributed by atoms with Crippen LogP contribution in [0.5, 0.6) is 11.5 Å². The predicted molar refractivity (Wildman–Crippen MR) is 136 cm³/mol. The molecule has 0 saturated carbocycles. The van der Waals surface area contributed by atoms with E-state index in [1.54, 1.807) is 54.6 Å². The Morgan fingerprint density at radius 2 is 1.75 bits per heavy atom. The Morgan fingerprint density at radius 3 is 2.33 bits per heavy atom. The van der Waals surface area contributed by atoms with Gasteiger partial charge in [-0.2, -0.15) is 0 Å². The molecule has 0 amide bonds. The van der Waals surface area contributed by atoms with Crippen molar-refractivity contribution in [1.29, 1.82) is 0 Å². The molecule has 0 radical (unpaired) electrons. The van der Waals surface area contributed by atoms with Crippen LogP contribution in [-0.4, -0.2) is 36.2 Å². The number of cyclic esters (lactones) is 1. The largest absolute Gasteiger partial charge is 0.487 e. The summed E-state index contributed by atoms with van der Waals surface area (Å²) in [7, 11) is 0. The summed E-state index contributed by atoms with van der Waals surface area (Å²) >= 11 is 0. The van der Waals surface area contributed by atoms with Crippen molar-refractivity contribution in [3.63, 3.8) is 0 Å². The number of hydrogen-bond acceptors (Lipinski definition) is 7. The van der Waals surface area contributed by atoms with Crippen molar-refractivity contribution in [1.82, 2.24) is 0 Å². The average molecular weight is 493 g/mol. The van der Waals surface area contributed by atoms with Crippen LogP contribution in [0.1, 0.15) is 62.4 Å². The van der Waals surface area contributed by atoms with Gasteiger partial charge in [-0.15, -0.1) is 0 Å². The first-order valence-corrected chi connectivity index (χ1v) is 12.2. The van der Waals surface area contributed by atoms with Gasteiger partial charge < -0.3 is 18.9 Å². The first kappa shape index (κ1) is 26.7. The molecule has 3 unspecified atom stereocenters. The third-order valence-corrected chi connectivity index (χ3v) is 5.75. The lowest BCUT2D eigenvalue weighted by atomic mass is 10.0. The molecule has 0 N–H and O–H groups in total. The molecule has 1 aliphatic rings. The molecule has 3 rings (SSSR count). The third kappa shape index (κ3) is 7.57. The van der Waals surface area contributed by atoms with Gasteiger partial charge in [-0.1, -0.05) is 39.0 Å². The van der Waals surface area contributed by atoms with Crippen LogP contribution in [0.15, 0.2) is 66.8 Å². The first-order chi connectivity index (χ1) is 17.3. The lowest BCUT2D eigenvalue weighted by molar-refractivity contribution is -0.143. The maximum absolute atomic E-state index is 12.6. The predicted octanol–water partition coefficient (Wildman–Crippen LogP) is 5.68. The number of hydrogen-bond donors (Lipinski definition) is 0. The molecule has 190 valence electrons. The van der Waals surface area contributed by atoms with E-state index in [-0.39, 0.29) is 24.3 Å². The average Bonchev–Trinajstić information content (AvgIpc) is 3.21. The van der Waals surface area contributed by atoms with E-state index < -0.39 is 11.9 Å². The maximum atomic E-state index is 12.6. The Kier molecular flexibility index (Phi) is 9.45. The lowest BCUT2D eigenvalue weighted by Crippen LogP contribution is -2.31. The Morgan fingerprint density at radius 1 is 1.08 bits per heavy atom. The van der Waals surface area contributed by atoms with Crippen molar-refractivity contribution in [3.8, 4) is 11.5 Å². The normalized spacial score (nSPS) is 16.9. The second-order valence-electron chi connectivity index (χ2n) is 8.67. The molecule has 1 fully saturated rings. The van der Waals surface area contributed by atoms with Crippen LogP contribution in [0.25, 0.3) is 6.08 Å². The first-order valence-electron chi connectivity index (χ1n) is 12.2. The molecule has 2 aromatic rings. The van der Waals surface area contributed by atoms with Crippen molar-refractivity contribution in [2.24, 2.45) is 0 Å². The van der Waals surface area contributed by atoms with Gasteiger partial charge in [0.1, 0.15) is 23.7 Å². The van der Waals surface area contributed by atoms with E-state index in [2.05, 4.69) is 6.58 Å². The van der Waals surface area contributed by atoms with Crippen molar-refractivity contribution >= 4 is 24.0 Å². The highest BCUT2D eigenvalue weighted by atomic mass is 16.6. The van der Waals surface area contributed by atoms with Crippen LogP contribution in [-0.2, 0) is 19.1 Å². The molecule has 0 aliphatic carbocycles. The highest BCUT2D eigenvalue weighted by Crippen LogP contribution is 2.27. The van der Waals surface area contributed by atoms with Crippen LogP contribution in [0, 0.1) is 0 Å². The maximum Gasteiger partial charge on any atom is 0.343 e. The van der Waals surface area contributed by atoms with Gasteiger partial charge in [0.25, 0.3) is 0 Å². The van der Waals surface area contributed by atoms with Gasteiger partial charge >= 0.3 is 17.9 Å². The Balaban J connectivity index is 1.55. The van der Waals surface area contributed by atoms with Crippen LogP contribution in [0.3, 0.4) is 0 Å². The quantitative estimate of drug-likeness (QED) is 0.226. The number of rotatable bonds is 11. The van der Waals surface area contributed by atoms with Gasteiger partial charge in [-0.3, -0.25) is 0 Å². The Hall–Kier alpha value is -3.87. The zero-order valence-electron chi connectivity index (χ0n) is 20.9. The summed E-state index contributed by atoms with van der Waals surface area (Å²) in [6, 6.07) is 13.4. The van der Waals surface area contributed by atoms with Gasteiger partial charge in [-0.05, 0) is 67.8 Å². The molecule has 36 heavy (non-hydrogen) atoms. The molecule has 1 heterocycles. The lowest BCUT2D eigenvalue weighted by Gasteiger charge is -2.23. The van der Waals surface area contributed by atoms with E-state index in [0.29, 0.717) is 29.1 Å². The minimum absolute atomic E-state index is 0.130. The standard InChI is InChI=1S/C29H32O7/c1-5-7-25(26-18-19(3)28(31)36-26)34-23-15-11-22(12-16-23)29(32)35-24-13-8-21(9-14-24)10-17-27(30)33-20(4)6-2/h8-17,20,25-26H,3,5-7,18H2,1-2,4H3/b17-10+. The number of esters is 3. The van der Waals surface area contributed by atoms with Gasteiger partial charge in [0, 0.05) is 18.1 Å². The summed E-state index contributed by atoms with van der Waals surface area (Å²) < 4.78 is 22.1. The summed E-state index contributed by atoms with van der Waals surface area (Å²) in [5.41, 5.74) is 1.60. The van der Waals surface area contributed by atoms with E-state index in [1.165, 1.54) is 6.08 Å². The molecule has 7 heteroatoms. The van der Waals surface area contributed by atoms with Crippen molar-refractivity contribution in [3.05, 3.63) is 77.9 Å². The number of carbonyl (C=O) groups excluding carboxylic acids is 3. The molecule has 0 aromatic heterocycles. The minimum atomic E-state index is -0.506. The SMILES string of the molecule is C=C1CC(C(CCC)Oc2ccc(C(=O)Oc3ccc(/C=C/C(=O)OC(C)CC)cc3)cc2)OC1=O. The zero-order chi connectivity index (χ0) is 26.1. The van der Waals surface area contributed by atoms with Crippen LogP contribution >= 0.6 is 0 Å². The smallest absolute Gasteiger partial charge is 0.343 e. The molecule has 3 atom stereocenters. The summed E-state index contributed by atoms with van der Waals surface area (Å²) in [5.74, 6) is -0.334. The molecule has 0 bridgehead atoms. The molecule has 1 saturated heterocycles. The number of carbonyl (C=O) groups is 3. The van der Waals surface area contributed by atoms with Gasteiger partial charge in [0.2, 0.25) is 0 Å². The van der Waals surface area contributed by atoms with E-state index in [4.69, 9.17) is 18.9 Å². The second-order valence-corrected chi connectivity index (χ2v) is 8.67. The molecule has 1 aliphatic heterocycles. The number of ether oxygens (including phenoxy) is 4. The van der Waals surface area contributed by atoms with Crippen molar-refractivity contribution in [2.45, 2.75) is 64.8 Å². The second kappa shape index (κ2) is 12.7. The fourth-order valence-corrected chi connectivity index (χ4v) is 3.54. The highest BCUT2D eigenvalue weighted by Gasteiger charge is 2.34. The van der Waals surface area contributed by atoms with E-state index in [0.717, 1.165) is 24.8 Å². The van der Waals surface area contributed by atoms with E-state index in [9.17, 15) is 14.4 Å². The van der Waals surface area contributed by atoms with Crippen molar-refractivity contribution < 1.29 is 33.3 Å². The molecule has 0 spiro atoms. The van der Waals surface area contributed by atoms with Crippen molar-refractivity contribution in [2.75, 3.05) is 0 Å². The van der Waals surface area contributed by atoms with Crippen LogP contribution in [0.4, 0.5) is 0 Å². The van der Waals surface area contributed by atoms with Gasteiger partial charge in [0.15, 0.2) is 0 Å². The topological polar surface area (TPSA) is 88.1 Å². The van der Waals surface area contributed by atoms with Crippen LogP contribution < -0.4 is 9.47 Å². The van der Waals surface area contributed by atoms with E-state index in [1.807, 2.05) is 20.8 Å². The molecule has 2 aromatic carbocycles.